The first-order valence-corrected chi connectivity index (χ1v) is 6.67. The fourth-order valence-electron chi connectivity index (χ4n) is 1.27. The lowest BCUT2D eigenvalue weighted by Gasteiger charge is -2.05. The van der Waals surface area contributed by atoms with E-state index < -0.39 is 4.33 Å². The lowest BCUT2D eigenvalue weighted by atomic mass is 10.2. The van der Waals surface area contributed by atoms with Gasteiger partial charge in [0.2, 0.25) is 0 Å². The van der Waals surface area contributed by atoms with Crippen LogP contribution in [0.5, 0.6) is 5.75 Å². The Morgan fingerprint density at radius 1 is 1.48 bits per heavy atom. The quantitative estimate of drug-likeness (QED) is 0.271. The third-order valence-corrected chi connectivity index (χ3v) is 2.87. The molecule has 0 radical (unpaired) electrons. The second kappa shape index (κ2) is 8.05. The number of cyclic esters (lactones) is 1. The largest absolute Gasteiger partial charge is 0.493 e. The number of hydrogen-bond donors (Lipinski definition) is 0. The molecule has 0 N–H and O–H groups in total. The number of ether oxygens (including phenoxy) is 2. The number of esters is 1. The average Bonchev–Trinajstić information content (AvgIpc) is 2.47. The van der Waals surface area contributed by atoms with E-state index in [-0.39, 0.29) is 5.97 Å². The van der Waals surface area contributed by atoms with Crippen molar-refractivity contribution in [2.45, 2.75) is 18.7 Å². The molecule has 0 bridgehead atoms. The molecular weight excluding hydrogens is 298 g/mol. The highest BCUT2D eigenvalue weighted by Gasteiger charge is 2.12. The first kappa shape index (κ1) is 16.7. The molecule has 8 heteroatoms. The van der Waals surface area contributed by atoms with Gasteiger partial charge in [-0.3, -0.25) is 14.9 Å². The highest BCUT2D eigenvalue weighted by Crippen LogP contribution is 2.25. The molecule has 1 aliphatic rings. The zero-order chi connectivity index (χ0) is 15.8. The fourth-order valence-corrected chi connectivity index (χ4v) is 1.75. The van der Waals surface area contributed by atoms with E-state index in [4.69, 9.17) is 4.74 Å². The van der Waals surface area contributed by atoms with E-state index in [9.17, 15) is 19.7 Å². The number of hydrogen-bond acceptors (Lipinski definition) is 7. The summed E-state index contributed by atoms with van der Waals surface area (Å²) in [6.45, 7) is 3.96. The van der Waals surface area contributed by atoms with Gasteiger partial charge in [-0.1, -0.05) is 0 Å². The lowest BCUT2D eigenvalue weighted by molar-refractivity contribution is -0.284. The molecule has 0 unspecified atom stereocenters. The molecule has 0 aromatic heterocycles. The van der Waals surface area contributed by atoms with Crippen LogP contribution in [0.1, 0.15) is 24.2 Å². The summed E-state index contributed by atoms with van der Waals surface area (Å²) in [4.78, 5) is 31.3. The zero-order valence-corrected chi connectivity index (χ0v) is 12.2. The van der Waals surface area contributed by atoms with Crippen molar-refractivity contribution in [3.05, 3.63) is 45.7 Å². The summed E-state index contributed by atoms with van der Waals surface area (Å²) in [6, 6.07) is 4.54. The van der Waals surface area contributed by atoms with Crippen molar-refractivity contribution in [3.8, 4) is 5.75 Å². The molecule has 2 rings (SSSR count). The van der Waals surface area contributed by atoms with E-state index >= 15 is 0 Å². The molecule has 0 atom stereocenters. The summed E-state index contributed by atoms with van der Waals surface area (Å²) in [6.07, 6.45) is 2.05. The van der Waals surface area contributed by atoms with Gasteiger partial charge in [0.15, 0.2) is 6.29 Å². The summed E-state index contributed by atoms with van der Waals surface area (Å²) in [5.41, 5.74) is 1.03. The number of nitrogens with zero attached hydrogens (tertiary/aromatic N) is 1. The van der Waals surface area contributed by atoms with Gasteiger partial charge in [-0.05, 0) is 32.0 Å². The maximum absolute atomic E-state index is 10.7. The van der Waals surface area contributed by atoms with E-state index in [1.165, 1.54) is 12.3 Å². The highest BCUT2D eigenvalue weighted by atomic mass is 32.2. The Bertz CT molecular complexity index is 584. The molecule has 0 saturated heterocycles. The van der Waals surface area contributed by atoms with Gasteiger partial charge in [0.1, 0.15) is 16.3 Å². The lowest BCUT2D eigenvalue weighted by Crippen LogP contribution is -2.10. The fraction of sp³-hybridized carbons (Fsp3) is 0.231. The molecular formula is C13H13NO6S. The van der Waals surface area contributed by atoms with Gasteiger partial charge in [-0.25, -0.2) is 4.79 Å². The van der Waals surface area contributed by atoms with Crippen LogP contribution in [0.2, 0.25) is 0 Å². The van der Waals surface area contributed by atoms with Crippen molar-refractivity contribution >= 4 is 24.2 Å². The summed E-state index contributed by atoms with van der Waals surface area (Å²) in [5, 5.41) is 10.2. The molecule has 21 heavy (non-hydrogen) atoms. The van der Waals surface area contributed by atoms with E-state index in [0.717, 1.165) is 0 Å². The molecule has 112 valence electrons. The maximum Gasteiger partial charge on any atom is 0.341 e. The third kappa shape index (κ3) is 5.27. The Hall–Kier alpha value is -2.35. The number of aldehydes is 1. The second-order valence-corrected chi connectivity index (χ2v) is 4.72. The number of carbonyl (C=O) groups is 2. The van der Waals surface area contributed by atoms with Crippen molar-refractivity contribution in [3.63, 3.8) is 0 Å². The molecule has 0 saturated carbocycles. The topological polar surface area (TPSA) is 95.7 Å². The van der Waals surface area contributed by atoms with Crippen molar-refractivity contribution in [1.82, 2.24) is 0 Å². The number of nitro groups is 1. The number of carbonyl (C=O) groups excluding carboxylic acids is 2. The van der Waals surface area contributed by atoms with Crippen LogP contribution in [-0.2, 0) is 9.53 Å². The minimum atomic E-state index is -0.524. The normalized spacial score (nSPS) is 12.1. The Labute approximate surface area is 125 Å². The summed E-state index contributed by atoms with van der Waals surface area (Å²) in [5.74, 6) is 0.246. The van der Waals surface area contributed by atoms with Crippen molar-refractivity contribution in [2.24, 2.45) is 0 Å². The monoisotopic (exact) mass is 311 g/mol. The molecule has 0 fully saturated rings. The Morgan fingerprint density at radius 2 is 2.14 bits per heavy atom. The van der Waals surface area contributed by atoms with E-state index in [0.29, 0.717) is 46.6 Å². The van der Waals surface area contributed by atoms with E-state index in [1.54, 1.807) is 26.0 Å². The molecule has 0 aliphatic carbocycles. The molecule has 1 heterocycles. The van der Waals surface area contributed by atoms with Crippen LogP contribution in [0.3, 0.4) is 0 Å². The zero-order valence-electron chi connectivity index (χ0n) is 11.4. The van der Waals surface area contributed by atoms with Gasteiger partial charge < -0.3 is 9.47 Å². The molecule has 1 aliphatic heterocycles. The van der Waals surface area contributed by atoms with Gasteiger partial charge in [-0.15, -0.1) is 0 Å². The Balaban J connectivity index is 0.000000304. The van der Waals surface area contributed by atoms with Crippen LogP contribution >= 0.6 is 11.9 Å². The van der Waals surface area contributed by atoms with E-state index in [2.05, 4.69) is 4.74 Å². The average molecular weight is 311 g/mol. The smallest absolute Gasteiger partial charge is 0.341 e. The molecule has 7 nitrogen and oxygen atoms in total. The minimum absolute atomic E-state index is 0.199. The van der Waals surface area contributed by atoms with Gasteiger partial charge in [0.05, 0.1) is 22.6 Å². The molecule has 0 amide bonds. The summed E-state index contributed by atoms with van der Waals surface area (Å²) < 4.78 is 8.90. The first-order valence-electron chi connectivity index (χ1n) is 5.90. The van der Waals surface area contributed by atoms with Crippen LogP contribution in [-0.4, -0.2) is 23.2 Å². The van der Waals surface area contributed by atoms with Gasteiger partial charge in [-0.2, -0.15) is 0 Å². The maximum atomic E-state index is 10.7. The van der Waals surface area contributed by atoms with Crippen molar-refractivity contribution in [2.75, 3.05) is 6.61 Å². The van der Waals surface area contributed by atoms with Crippen LogP contribution in [0, 0.1) is 10.1 Å². The van der Waals surface area contributed by atoms with Crippen molar-refractivity contribution < 1.29 is 23.4 Å². The Morgan fingerprint density at radius 3 is 2.52 bits per heavy atom. The SMILES string of the molecule is CC1=COC1=O.CCOc1ccc(S[N+](=O)[O-])cc1C=O. The van der Waals surface area contributed by atoms with Crippen LogP contribution in [0.25, 0.3) is 0 Å². The predicted molar refractivity (Wildman–Crippen MR) is 75.7 cm³/mol. The first-order chi connectivity index (χ1) is 9.97. The molecule has 0 spiro atoms. The van der Waals surface area contributed by atoms with Crippen molar-refractivity contribution in [1.29, 1.82) is 0 Å². The van der Waals surface area contributed by atoms with Crippen LogP contribution in [0.4, 0.5) is 0 Å². The second-order valence-electron chi connectivity index (χ2n) is 3.77. The number of rotatable bonds is 5. The van der Waals surface area contributed by atoms with Gasteiger partial charge >= 0.3 is 5.97 Å². The van der Waals surface area contributed by atoms with Crippen LogP contribution < -0.4 is 4.74 Å². The van der Waals surface area contributed by atoms with Gasteiger partial charge in [0.25, 0.3) is 11.9 Å². The highest BCUT2D eigenvalue weighted by molar-refractivity contribution is 7.93. The minimum Gasteiger partial charge on any atom is -0.493 e. The van der Waals surface area contributed by atoms with Gasteiger partial charge in [0, 0.05) is 0 Å². The number of benzene rings is 1. The third-order valence-electron chi connectivity index (χ3n) is 2.25. The predicted octanol–water partition coefficient (Wildman–Crippen LogP) is 2.63. The molecule has 1 aromatic rings. The van der Waals surface area contributed by atoms with E-state index in [1.807, 2.05) is 0 Å². The molecule has 1 aromatic carbocycles. The summed E-state index contributed by atoms with van der Waals surface area (Å²) >= 11 is 0.463. The summed E-state index contributed by atoms with van der Waals surface area (Å²) in [7, 11) is 0. The Kier molecular flexibility index (Phi) is 6.41. The standard InChI is InChI=1S/C9H9NO4S.C4H4O2/c1-2-14-9-4-3-8(15-10(12)13)5-7(9)6-11;1-3-2-6-4(3)5/h3-6H,2H2,1H3;2H,1H3. The van der Waals surface area contributed by atoms with Crippen LogP contribution in [0.15, 0.2) is 34.9 Å².